The van der Waals surface area contributed by atoms with Gasteiger partial charge in [0.2, 0.25) is 0 Å². The smallest absolute Gasteiger partial charge is 0.255 e. The first-order chi connectivity index (χ1) is 19.8. The second-order valence-corrected chi connectivity index (χ2v) is 9.69. The lowest BCUT2D eigenvalue weighted by Gasteiger charge is -2.13. The molecule has 3 N–H and O–H groups in total. The molecule has 0 radical (unpaired) electrons. The number of imidazole rings is 1. The lowest BCUT2D eigenvalue weighted by atomic mass is 10.1. The van der Waals surface area contributed by atoms with E-state index in [4.69, 9.17) is 0 Å². The molecule has 0 aliphatic rings. The van der Waals surface area contributed by atoms with Crippen molar-refractivity contribution >= 4 is 45.6 Å². The average molecular weight is 549 g/mol. The van der Waals surface area contributed by atoms with E-state index in [1.165, 1.54) is 0 Å². The van der Waals surface area contributed by atoms with Crippen molar-refractivity contribution in [3.8, 4) is 11.4 Å². The van der Waals surface area contributed by atoms with Crippen molar-refractivity contribution in [3.63, 3.8) is 0 Å². The van der Waals surface area contributed by atoms with Crippen molar-refractivity contribution in [2.75, 3.05) is 48.6 Å². The molecule has 0 atom stereocenters. The largest absolute Gasteiger partial charge is 0.378 e. The highest BCUT2D eigenvalue weighted by molar-refractivity contribution is 6.07. The average Bonchev–Trinajstić information content (AvgIpc) is 3.43. The van der Waals surface area contributed by atoms with Crippen LogP contribution in [0.3, 0.4) is 0 Å². The fourth-order valence-corrected chi connectivity index (χ4v) is 4.16. The first-order valence-corrected chi connectivity index (χ1v) is 13.5. The van der Waals surface area contributed by atoms with Crippen LogP contribution >= 0.6 is 0 Å². The summed E-state index contributed by atoms with van der Waals surface area (Å²) < 4.78 is 0. The minimum atomic E-state index is -0.235. The molecule has 2 amide bonds. The van der Waals surface area contributed by atoms with E-state index in [1.54, 1.807) is 48.5 Å². The van der Waals surface area contributed by atoms with Crippen molar-refractivity contribution < 1.29 is 9.59 Å². The molecule has 0 saturated carbocycles. The standard InChI is InChI=1S/C31H30N6O2.C2H6/c1-36(2)25-14-5-20(6-15-25)29-34-27-18-9-22(19-28(27)35-29)31(39)33-24-12-10-23(11-13-24)32-30(38)21-7-16-26(17-8-21)37(3)4;1-2/h5-19H,1-4H3,(H,32,38)(H,33,39)(H,34,35);1-2H3. The highest BCUT2D eigenvalue weighted by Gasteiger charge is 2.12. The van der Waals surface area contributed by atoms with Crippen LogP contribution in [0.15, 0.2) is 91.0 Å². The first-order valence-electron chi connectivity index (χ1n) is 13.5. The third kappa shape index (κ3) is 6.91. The van der Waals surface area contributed by atoms with Gasteiger partial charge in [0.1, 0.15) is 5.82 Å². The van der Waals surface area contributed by atoms with Gasteiger partial charge in [-0.05, 0) is 91.0 Å². The molecule has 0 saturated heterocycles. The summed E-state index contributed by atoms with van der Waals surface area (Å²) in [6, 6.07) is 27.9. The van der Waals surface area contributed by atoms with Crippen LogP contribution in [-0.4, -0.2) is 50.0 Å². The zero-order chi connectivity index (χ0) is 29.5. The Morgan fingerprint density at radius 2 is 1.10 bits per heavy atom. The van der Waals surface area contributed by atoms with E-state index in [0.29, 0.717) is 22.5 Å². The molecule has 8 heteroatoms. The third-order valence-corrected chi connectivity index (χ3v) is 6.45. The number of benzene rings is 4. The molecular formula is C33H36N6O2. The van der Waals surface area contributed by atoms with Crippen LogP contribution in [0.4, 0.5) is 22.7 Å². The predicted octanol–water partition coefficient (Wildman–Crippen LogP) is 6.89. The van der Waals surface area contributed by atoms with Gasteiger partial charge in [0.25, 0.3) is 11.8 Å². The van der Waals surface area contributed by atoms with Gasteiger partial charge in [-0.15, -0.1) is 0 Å². The van der Waals surface area contributed by atoms with Gasteiger partial charge < -0.3 is 25.4 Å². The summed E-state index contributed by atoms with van der Waals surface area (Å²) >= 11 is 0. The molecule has 5 aromatic rings. The Labute approximate surface area is 241 Å². The fraction of sp³-hybridized carbons (Fsp3) is 0.182. The number of aromatic nitrogens is 2. The Morgan fingerprint density at radius 1 is 0.634 bits per heavy atom. The SMILES string of the molecule is CC.CN(C)c1ccc(C(=O)Nc2ccc(NC(=O)c3ccc4nc(-c5ccc(N(C)C)cc5)[nH]c4c3)cc2)cc1. The normalized spacial score (nSPS) is 10.4. The number of aromatic amines is 1. The topological polar surface area (TPSA) is 93.4 Å². The number of nitrogens with one attached hydrogen (secondary N) is 3. The van der Waals surface area contributed by atoms with Crippen molar-refractivity contribution in [2.45, 2.75) is 13.8 Å². The van der Waals surface area contributed by atoms with Gasteiger partial charge in [0.05, 0.1) is 11.0 Å². The van der Waals surface area contributed by atoms with E-state index in [1.807, 2.05) is 94.3 Å². The first kappa shape index (κ1) is 28.9. The van der Waals surface area contributed by atoms with E-state index in [9.17, 15) is 9.59 Å². The van der Waals surface area contributed by atoms with Crippen LogP contribution in [0, 0.1) is 0 Å². The van der Waals surface area contributed by atoms with Gasteiger partial charge in [-0.3, -0.25) is 9.59 Å². The van der Waals surface area contributed by atoms with Gasteiger partial charge >= 0.3 is 0 Å². The van der Waals surface area contributed by atoms with E-state index in [2.05, 4.69) is 20.6 Å². The molecule has 0 aliphatic heterocycles. The number of nitrogens with zero attached hydrogens (tertiary/aromatic N) is 3. The minimum absolute atomic E-state index is 0.196. The molecule has 0 fully saturated rings. The minimum Gasteiger partial charge on any atom is -0.378 e. The lowest BCUT2D eigenvalue weighted by Crippen LogP contribution is -2.14. The zero-order valence-corrected chi connectivity index (χ0v) is 24.3. The van der Waals surface area contributed by atoms with Crippen molar-refractivity contribution in [1.82, 2.24) is 9.97 Å². The number of hydrogen-bond donors (Lipinski definition) is 3. The Bertz CT molecular complexity index is 1620. The van der Waals surface area contributed by atoms with Gasteiger partial charge in [0.15, 0.2) is 0 Å². The lowest BCUT2D eigenvalue weighted by molar-refractivity contribution is 0.101. The molecule has 0 spiro atoms. The number of fused-ring (bicyclic) bond motifs is 1. The maximum absolute atomic E-state index is 12.9. The summed E-state index contributed by atoms with van der Waals surface area (Å²) in [6.07, 6.45) is 0. The number of amides is 2. The van der Waals surface area contributed by atoms with Gasteiger partial charge in [0, 0.05) is 67.6 Å². The predicted molar refractivity (Wildman–Crippen MR) is 170 cm³/mol. The second kappa shape index (κ2) is 12.8. The molecule has 4 aromatic carbocycles. The van der Waals surface area contributed by atoms with Crippen LogP contribution in [0.2, 0.25) is 0 Å². The van der Waals surface area contributed by atoms with Gasteiger partial charge in [-0.2, -0.15) is 0 Å². The van der Waals surface area contributed by atoms with Crippen molar-refractivity contribution in [1.29, 1.82) is 0 Å². The summed E-state index contributed by atoms with van der Waals surface area (Å²) in [5.74, 6) is 0.318. The van der Waals surface area contributed by atoms with E-state index >= 15 is 0 Å². The van der Waals surface area contributed by atoms with Crippen LogP contribution in [-0.2, 0) is 0 Å². The number of carbonyl (C=O) groups is 2. The number of rotatable bonds is 7. The number of H-pyrrole nitrogens is 1. The molecular weight excluding hydrogens is 512 g/mol. The molecule has 1 heterocycles. The zero-order valence-electron chi connectivity index (χ0n) is 24.3. The number of anilines is 4. The summed E-state index contributed by atoms with van der Waals surface area (Å²) in [6.45, 7) is 4.00. The van der Waals surface area contributed by atoms with Gasteiger partial charge in [-0.25, -0.2) is 4.98 Å². The second-order valence-electron chi connectivity index (χ2n) is 9.69. The summed E-state index contributed by atoms with van der Waals surface area (Å²) in [5.41, 5.74) is 7.02. The van der Waals surface area contributed by atoms with Crippen LogP contribution in [0.5, 0.6) is 0 Å². The fourth-order valence-electron chi connectivity index (χ4n) is 4.16. The molecule has 0 bridgehead atoms. The maximum atomic E-state index is 12.9. The number of hydrogen-bond acceptors (Lipinski definition) is 5. The van der Waals surface area contributed by atoms with E-state index in [0.717, 1.165) is 33.8 Å². The van der Waals surface area contributed by atoms with Crippen molar-refractivity contribution in [3.05, 3.63) is 102 Å². The highest BCUT2D eigenvalue weighted by atomic mass is 16.2. The Morgan fingerprint density at radius 3 is 1.61 bits per heavy atom. The Balaban J connectivity index is 0.00000189. The molecule has 0 aliphatic carbocycles. The van der Waals surface area contributed by atoms with Crippen LogP contribution in [0.25, 0.3) is 22.4 Å². The molecule has 41 heavy (non-hydrogen) atoms. The molecule has 5 rings (SSSR count). The molecule has 1 aromatic heterocycles. The van der Waals surface area contributed by atoms with Crippen molar-refractivity contribution in [2.24, 2.45) is 0 Å². The van der Waals surface area contributed by atoms with Crippen LogP contribution < -0.4 is 20.4 Å². The Hall–Kier alpha value is -5.11. The third-order valence-electron chi connectivity index (χ3n) is 6.45. The summed E-state index contributed by atoms with van der Waals surface area (Å²) in [4.78, 5) is 37.5. The summed E-state index contributed by atoms with van der Waals surface area (Å²) in [5, 5.41) is 5.80. The van der Waals surface area contributed by atoms with E-state index < -0.39 is 0 Å². The maximum Gasteiger partial charge on any atom is 0.255 e. The monoisotopic (exact) mass is 548 g/mol. The van der Waals surface area contributed by atoms with Crippen LogP contribution in [0.1, 0.15) is 34.6 Å². The van der Waals surface area contributed by atoms with Gasteiger partial charge in [-0.1, -0.05) is 13.8 Å². The van der Waals surface area contributed by atoms with E-state index in [-0.39, 0.29) is 11.8 Å². The quantitative estimate of drug-likeness (QED) is 0.206. The molecule has 210 valence electrons. The highest BCUT2D eigenvalue weighted by Crippen LogP contribution is 2.24. The summed E-state index contributed by atoms with van der Waals surface area (Å²) in [7, 11) is 7.91. The molecule has 0 unspecified atom stereocenters. The Kier molecular flexibility index (Phi) is 9.04. The molecule has 8 nitrogen and oxygen atoms in total. The number of carbonyl (C=O) groups excluding carboxylic acids is 2.